The van der Waals surface area contributed by atoms with Gasteiger partial charge in [0, 0.05) is 12.1 Å². The van der Waals surface area contributed by atoms with E-state index < -0.39 is 5.97 Å². The molecule has 0 aliphatic heterocycles. The third-order valence-corrected chi connectivity index (χ3v) is 3.25. The number of carbonyl (C=O) groups is 2. The van der Waals surface area contributed by atoms with Crippen LogP contribution in [-0.4, -0.2) is 29.0 Å². The van der Waals surface area contributed by atoms with Crippen LogP contribution in [0, 0.1) is 0 Å². The monoisotopic (exact) mass is 287 g/mol. The van der Waals surface area contributed by atoms with Crippen LogP contribution in [0.15, 0.2) is 18.2 Å². The number of carbonyl (C=O) groups excluding carboxylic acids is 1. The summed E-state index contributed by atoms with van der Waals surface area (Å²) in [7, 11) is 0. The number of aromatic carboxylic acids is 1. The number of halogens is 1. The average molecular weight is 288 g/mol. The molecule has 0 saturated heterocycles. The predicted molar refractivity (Wildman–Crippen MR) is 74.7 cm³/mol. The fraction of sp³-hybridized carbons (Fsp3) is 0.333. The minimum Gasteiger partial charge on any atom is -0.478 e. The lowest BCUT2D eigenvalue weighted by atomic mass is 10.2. The van der Waals surface area contributed by atoms with Crippen LogP contribution in [0.3, 0.4) is 0 Å². The maximum absolute atomic E-state index is 11.5. The van der Waals surface area contributed by atoms with Crippen molar-refractivity contribution in [2.75, 3.05) is 17.3 Å². The molecule has 0 unspecified atom stereocenters. The minimum atomic E-state index is -1.09. The summed E-state index contributed by atoms with van der Waals surface area (Å²) in [4.78, 5) is 22.3. The topological polar surface area (TPSA) is 66.4 Å². The molecule has 1 aromatic rings. The summed E-state index contributed by atoms with van der Waals surface area (Å²) in [6, 6.07) is 4.35. The predicted octanol–water partition coefficient (Wildman–Crippen LogP) is 3.12. The molecule has 0 atom stereocenters. The zero-order chi connectivity index (χ0) is 13.5. The van der Waals surface area contributed by atoms with Crippen LogP contribution < -0.4 is 5.32 Å². The maximum Gasteiger partial charge on any atom is 0.337 e. The van der Waals surface area contributed by atoms with Crippen molar-refractivity contribution in [3.8, 4) is 0 Å². The fourth-order valence-electron chi connectivity index (χ4n) is 1.37. The number of anilines is 1. The third kappa shape index (κ3) is 4.58. The highest BCUT2D eigenvalue weighted by atomic mass is 35.5. The third-order valence-electron chi connectivity index (χ3n) is 2.24. The van der Waals surface area contributed by atoms with Crippen LogP contribution in [0.1, 0.15) is 23.2 Å². The van der Waals surface area contributed by atoms with Crippen molar-refractivity contribution in [3.63, 3.8) is 0 Å². The van der Waals surface area contributed by atoms with E-state index in [1.54, 1.807) is 11.8 Å². The van der Waals surface area contributed by atoms with E-state index in [4.69, 9.17) is 16.7 Å². The molecular formula is C12H14ClNO3S. The van der Waals surface area contributed by atoms with Gasteiger partial charge in [-0.15, -0.1) is 0 Å². The molecule has 0 aliphatic carbocycles. The molecule has 98 valence electrons. The van der Waals surface area contributed by atoms with Gasteiger partial charge in [-0.2, -0.15) is 11.8 Å². The second-order valence-corrected chi connectivity index (χ2v) is 5.04. The van der Waals surface area contributed by atoms with E-state index in [1.165, 1.54) is 18.2 Å². The summed E-state index contributed by atoms with van der Waals surface area (Å²) in [6.07, 6.45) is 3.25. The molecule has 1 rings (SSSR count). The molecule has 1 aromatic carbocycles. The summed E-state index contributed by atoms with van der Waals surface area (Å²) in [5, 5.41) is 11.6. The maximum atomic E-state index is 11.5. The summed E-state index contributed by atoms with van der Waals surface area (Å²) in [5.74, 6) is -0.243. The van der Waals surface area contributed by atoms with Crippen LogP contribution in [0.25, 0.3) is 0 Å². The van der Waals surface area contributed by atoms with Gasteiger partial charge in [0.25, 0.3) is 0 Å². The normalized spacial score (nSPS) is 10.1. The molecule has 0 heterocycles. The highest BCUT2D eigenvalue weighted by Gasteiger charge is 2.10. The van der Waals surface area contributed by atoms with Gasteiger partial charge in [0.05, 0.1) is 10.6 Å². The lowest BCUT2D eigenvalue weighted by Gasteiger charge is -2.06. The van der Waals surface area contributed by atoms with E-state index >= 15 is 0 Å². The molecule has 0 fully saturated rings. The summed E-state index contributed by atoms with van der Waals surface area (Å²) in [6.45, 7) is 0. The van der Waals surface area contributed by atoms with E-state index in [9.17, 15) is 9.59 Å². The molecule has 0 spiro atoms. The van der Waals surface area contributed by atoms with Crippen LogP contribution in [0.4, 0.5) is 5.69 Å². The number of carboxylic acids is 1. The molecule has 1 amide bonds. The minimum absolute atomic E-state index is 0.0250. The van der Waals surface area contributed by atoms with E-state index in [2.05, 4.69) is 5.32 Å². The fourth-order valence-corrected chi connectivity index (χ4v) is 2.06. The first-order valence-corrected chi connectivity index (χ1v) is 7.13. The Balaban J connectivity index is 2.60. The van der Waals surface area contributed by atoms with Crippen LogP contribution in [0.5, 0.6) is 0 Å². The zero-order valence-corrected chi connectivity index (χ0v) is 11.5. The number of nitrogens with one attached hydrogen (secondary N) is 1. The smallest absolute Gasteiger partial charge is 0.337 e. The SMILES string of the molecule is CSCCCC(=O)Nc1ccc(C(=O)O)c(Cl)c1. The Hall–Kier alpha value is -1.20. The van der Waals surface area contributed by atoms with Crippen molar-refractivity contribution in [1.82, 2.24) is 0 Å². The van der Waals surface area contributed by atoms with Crippen molar-refractivity contribution < 1.29 is 14.7 Å². The van der Waals surface area contributed by atoms with Gasteiger partial charge in [0.15, 0.2) is 0 Å². The second-order valence-electron chi connectivity index (χ2n) is 3.64. The molecule has 18 heavy (non-hydrogen) atoms. The molecule has 2 N–H and O–H groups in total. The second kappa shape index (κ2) is 7.28. The number of carboxylic acid groups (broad SMARTS) is 1. The van der Waals surface area contributed by atoms with Crippen molar-refractivity contribution >= 4 is 40.9 Å². The first kappa shape index (κ1) is 14.9. The van der Waals surface area contributed by atoms with Crippen LogP contribution in [-0.2, 0) is 4.79 Å². The zero-order valence-electron chi connectivity index (χ0n) is 9.90. The summed E-state index contributed by atoms with van der Waals surface area (Å²) < 4.78 is 0. The lowest BCUT2D eigenvalue weighted by molar-refractivity contribution is -0.116. The van der Waals surface area contributed by atoms with Gasteiger partial charge in [-0.25, -0.2) is 4.79 Å². The summed E-state index contributed by atoms with van der Waals surface area (Å²) in [5.41, 5.74) is 0.538. The largest absolute Gasteiger partial charge is 0.478 e. The van der Waals surface area contributed by atoms with Gasteiger partial charge in [0.1, 0.15) is 0 Å². The van der Waals surface area contributed by atoms with E-state index in [-0.39, 0.29) is 16.5 Å². The molecule has 0 saturated carbocycles. The number of amides is 1. The number of rotatable bonds is 6. The van der Waals surface area contributed by atoms with E-state index in [1.807, 2.05) is 6.26 Å². The molecule has 6 heteroatoms. The van der Waals surface area contributed by atoms with Gasteiger partial charge in [-0.3, -0.25) is 4.79 Å². The van der Waals surface area contributed by atoms with E-state index in [0.717, 1.165) is 12.2 Å². The van der Waals surface area contributed by atoms with Gasteiger partial charge < -0.3 is 10.4 Å². The van der Waals surface area contributed by atoms with Gasteiger partial charge in [0.2, 0.25) is 5.91 Å². The number of hydrogen-bond donors (Lipinski definition) is 2. The van der Waals surface area contributed by atoms with Gasteiger partial charge >= 0.3 is 5.97 Å². The molecule has 0 radical (unpaired) electrons. The molecule has 0 aliphatic rings. The quantitative estimate of drug-likeness (QED) is 0.789. The Bertz CT molecular complexity index is 451. The first-order valence-electron chi connectivity index (χ1n) is 5.36. The summed E-state index contributed by atoms with van der Waals surface area (Å²) >= 11 is 7.49. The number of benzene rings is 1. The van der Waals surface area contributed by atoms with E-state index in [0.29, 0.717) is 12.1 Å². The van der Waals surface area contributed by atoms with Crippen molar-refractivity contribution in [1.29, 1.82) is 0 Å². The molecule has 0 aromatic heterocycles. The van der Waals surface area contributed by atoms with Gasteiger partial charge in [-0.1, -0.05) is 11.6 Å². The van der Waals surface area contributed by atoms with Crippen molar-refractivity contribution in [3.05, 3.63) is 28.8 Å². The Kier molecular flexibility index (Phi) is 6.01. The van der Waals surface area contributed by atoms with Crippen LogP contribution in [0.2, 0.25) is 5.02 Å². The first-order chi connectivity index (χ1) is 8.54. The standard InChI is InChI=1S/C12H14ClNO3S/c1-18-6-2-3-11(15)14-8-4-5-9(12(16)17)10(13)7-8/h4-5,7H,2-3,6H2,1H3,(H,14,15)(H,16,17). The Morgan fingerprint density at radius 2 is 2.17 bits per heavy atom. The average Bonchev–Trinajstić information content (AvgIpc) is 2.28. The Morgan fingerprint density at radius 1 is 1.44 bits per heavy atom. The number of thioether (sulfide) groups is 1. The Labute approximate surface area is 115 Å². The van der Waals surface area contributed by atoms with Crippen molar-refractivity contribution in [2.45, 2.75) is 12.8 Å². The molecule has 4 nitrogen and oxygen atoms in total. The lowest BCUT2D eigenvalue weighted by Crippen LogP contribution is -2.11. The van der Waals surface area contributed by atoms with Crippen molar-refractivity contribution in [2.24, 2.45) is 0 Å². The highest BCUT2D eigenvalue weighted by Crippen LogP contribution is 2.21. The Morgan fingerprint density at radius 3 is 2.72 bits per heavy atom. The van der Waals surface area contributed by atoms with Gasteiger partial charge in [-0.05, 0) is 36.6 Å². The van der Waals surface area contributed by atoms with Crippen LogP contribution >= 0.6 is 23.4 Å². The molecular weight excluding hydrogens is 274 g/mol. The molecule has 0 bridgehead atoms. The number of hydrogen-bond acceptors (Lipinski definition) is 3. The highest BCUT2D eigenvalue weighted by molar-refractivity contribution is 7.98.